The van der Waals surface area contributed by atoms with E-state index >= 15 is 0 Å². The standard InChI is InChI=1S/C23H22F3N5O3/c24-23(25,26)16-4-1-5-18(11-16)34-17-6-9-31(10-7-17)21(32)14-28-22(33)20-12-19(29-30-20)15-3-2-8-27-13-15/h1-5,8,11-13,17H,6-7,9-10,14H2,(H,28,33)(H,29,30). The number of amides is 2. The highest BCUT2D eigenvalue weighted by molar-refractivity contribution is 5.95. The van der Waals surface area contributed by atoms with Crippen LogP contribution in [0.2, 0.25) is 0 Å². The fraction of sp³-hybridized carbons (Fsp3) is 0.304. The second-order valence-electron chi connectivity index (χ2n) is 7.81. The third kappa shape index (κ3) is 5.72. The maximum atomic E-state index is 12.9. The lowest BCUT2D eigenvalue weighted by atomic mass is 10.1. The molecule has 4 rings (SSSR count). The predicted octanol–water partition coefficient (Wildman–Crippen LogP) is 3.29. The summed E-state index contributed by atoms with van der Waals surface area (Å²) in [5, 5.41) is 9.31. The van der Waals surface area contributed by atoms with E-state index in [-0.39, 0.29) is 30.0 Å². The van der Waals surface area contributed by atoms with Gasteiger partial charge in [-0.2, -0.15) is 18.3 Å². The van der Waals surface area contributed by atoms with Crippen LogP contribution < -0.4 is 10.1 Å². The third-order valence-electron chi connectivity index (χ3n) is 5.44. The zero-order chi connectivity index (χ0) is 24.1. The minimum atomic E-state index is -4.43. The minimum Gasteiger partial charge on any atom is -0.490 e. The number of pyridine rings is 1. The van der Waals surface area contributed by atoms with Crippen LogP contribution in [0.3, 0.4) is 0 Å². The number of nitrogens with one attached hydrogen (secondary N) is 2. The Morgan fingerprint density at radius 2 is 1.94 bits per heavy atom. The first-order valence-corrected chi connectivity index (χ1v) is 10.7. The maximum Gasteiger partial charge on any atom is 0.416 e. The van der Waals surface area contributed by atoms with Crippen molar-refractivity contribution in [3.63, 3.8) is 0 Å². The van der Waals surface area contributed by atoms with Crippen LogP contribution in [0.1, 0.15) is 28.9 Å². The molecule has 11 heteroatoms. The van der Waals surface area contributed by atoms with E-state index in [2.05, 4.69) is 20.5 Å². The average molecular weight is 473 g/mol. The van der Waals surface area contributed by atoms with Crippen LogP contribution in [0.15, 0.2) is 54.9 Å². The van der Waals surface area contributed by atoms with E-state index in [1.54, 1.807) is 29.4 Å². The second-order valence-corrected chi connectivity index (χ2v) is 7.81. The topological polar surface area (TPSA) is 100 Å². The van der Waals surface area contributed by atoms with Gasteiger partial charge in [-0.05, 0) is 36.4 Å². The van der Waals surface area contributed by atoms with Crippen molar-refractivity contribution in [1.82, 2.24) is 25.4 Å². The van der Waals surface area contributed by atoms with E-state index in [0.717, 1.165) is 17.7 Å². The average Bonchev–Trinajstić information content (AvgIpc) is 3.34. The molecule has 0 radical (unpaired) electrons. The summed E-state index contributed by atoms with van der Waals surface area (Å²) in [7, 11) is 0. The van der Waals surface area contributed by atoms with Gasteiger partial charge in [0, 0.05) is 43.9 Å². The molecule has 0 unspecified atom stereocenters. The molecular weight excluding hydrogens is 451 g/mol. The number of likely N-dealkylation sites (tertiary alicyclic amines) is 1. The van der Waals surface area contributed by atoms with E-state index in [1.165, 1.54) is 12.1 Å². The smallest absolute Gasteiger partial charge is 0.416 e. The van der Waals surface area contributed by atoms with Gasteiger partial charge in [-0.3, -0.25) is 19.7 Å². The van der Waals surface area contributed by atoms with Gasteiger partial charge in [-0.15, -0.1) is 0 Å². The van der Waals surface area contributed by atoms with Crippen molar-refractivity contribution >= 4 is 11.8 Å². The van der Waals surface area contributed by atoms with Crippen LogP contribution in [0, 0.1) is 0 Å². The number of carbonyl (C=O) groups excluding carboxylic acids is 2. The summed E-state index contributed by atoms with van der Waals surface area (Å²) in [5.74, 6) is -0.561. The van der Waals surface area contributed by atoms with Crippen molar-refractivity contribution in [3.05, 3.63) is 66.1 Å². The summed E-state index contributed by atoms with van der Waals surface area (Å²) in [5.41, 5.74) is 0.773. The Morgan fingerprint density at radius 3 is 2.65 bits per heavy atom. The van der Waals surface area contributed by atoms with Crippen LogP contribution >= 0.6 is 0 Å². The molecule has 8 nitrogen and oxygen atoms in total. The lowest BCUT2D eigenvalue weighted by Crippen LogP contribution is -2.46. The first-order valence-electron chi connectivity index (χ1n) is 10.7. The molecule has 0 aliphatic carbocycles. The molecule has 1 aliphatic rings. The van der Waals surface area contributed by atoms with Gasteiger partial charge in [0.15, 0.2) is 0 Å². The van der Waals surface area contributed by atoms with Crippen molar-refractivity contribution in [3.8, 4) is 17.0 Å². The number of aromatic nitrogens is 3. The zero-order valence-electron chi connectivity index (χ0n) is 18.0. The maximum absolute atomic E-state index is 12.9. The number of carbonyl (C=O) groups is 2. The van der Waals surface area contributed by atoms with E-state index in [0.29, 0.717) is 31.6 Å². The van der Waals surface area contributed by atoms with Gasteiger partial charge in [0.25, 0.3) is 5.91 Å². The quantitative estimate of drug-likeness (QED) is 0.572. The Bertz CT molecular complexity index is 1140. The van der Waals surface area contributed by atoms with Crippen LogP contribution in [-0.2, 0) is 11.0 Å². The van der Waals surface area contributed by atoms with E-state index < -0.39 is 17.6 Å². The molecule has 34 heavy (non-hydrogen) atoms. The van der Waals surface area contributed by atoms with Gasteiger partial charge < -0.3 is 15.0 Å². The third-order valence-corrected chi connectivity index (χ3v) is 5.44. The summed E-state index contributed by atoms with van der Waals surface area (Å²) in [6.07, 6.45) is -0.512. The van der Waals surface area contributed by atoms with Gasteiger partial charge in [0.1, 0.15) is 17.5 Å². The molecule has 1 aromatic carbocycles. The Morgan fingerprint density at radius 1 is 1.15 bits per heavy atom. The fourth-order valence-corrected chi connectivity index (χ4v) is 3.62. The Balaban J connectivity index is 1.23. The van der Waals surface area contributed by atoms with Crippen LogP contribution in [0.5, 0.6) is 5.75 Å². The van der Waals surface area contributed by atoms with Crippen molar-refractivity contribution in [2.45, 2.75) is 25.1 Å². The lowest BCUT2D eigenvalue weighted by Gasteiger charge is -2.32. The van der Waals surface area contributed by atoms with E-state index in [9.17, 15) is 22.8 Å². The normalized spacial score (nSPS) is 14.6. The van der Waals surface area contributed by atoms with Crippen molar-refractivity contribution in [2.75, 3.05) is 19.6 Å². The molecule has 2 amide bonds. The molecule has 178 valence electrons. The second kappa shape index (κ2) is 9.94. The van der Waals surface area contributed by atoms with Gasteiger partial charge in [0.2, 0.25) is 5.91 Å². The van der Waals surface area contributed by atoms with Gasteiger partial charge in [-0.25, -0.2) is 0 Å². The Hall–Kier alpha value is -3.89. The number of rotatable bonds is 6. The summed E-state index contributed by atoms with van der Waals surface area (Å²) >= 11 is 0. The molecule has 2 aromatic heterocycles. The summed E-state index contributed by atoms with van der Waals surface area (Å²) < 4.78 is 44.3. The molecule has 1 fully saturated rings. The van der Waals surface area contributed by atoms with Crippen molar-refractivity contribution < 1.29 is 27.5 Å². The lowest BCUT2D eigenvalue weighted by molar-refractivity contribution is -0.138. The number of hydrogen-bond donors (Lipinski definition) is 2. The highest BCUT2D eigenvalue weighted by atomic mass is 19.4. The molecule has 0 spiro atoms. The highest BCUT2D eigenvalue weighted by Gasteiger charge is 2.31. The number of nitrogens with zero attached hydrogens (tertiary/aromatic N) is 3. The van der Waals surface area contributed by atoms with Crippen molar-refractivity contribution in [1.29, 1.82) is 0 Å². The SMILES string of the molecule is O=C(NCC(=O)N1CCC(Oc2cccc(C(F)(F)F)c2)CC1)c1cc(-c2cccnc2)n[nH]1. The number of piperidine rings is 1. The van der Waals surface area contributed by atoms with E-state index in [4.69, 9.17) is 4.74 Å². The summed E-state index contributed by atoms with van der Waals surface area (Å²) in [6, 6.07) is 9.91. The molecule has 3 aromatic rings. The molecule has 1 aliphatic heterocycles. The molecule has 2 N–H and O–H groups in total. The molecule has 0 saturated carbocycles. The predicted molar refractivity (Wildman–Crippen MR) is 116 cm³/mol. The van der Waals surface area contributed by atoms with Crippen molar-refractivity contribution in [2.24, 2.45) is 0 Å². The fourth-order valence-electron chi connectivity index (χ4n) is 3.62. The number of hydrogen-bond acceptors (Lipinski definition) is 5. The Labute approximate surface area is 193 Å². The summed E-state index contributed by atoms with van der Waals surface area (Å²) in [6.45, 7) is 0.584. The molecule has 0 bridgehead atoms. The number of benzene rings is 1. The zero-order valence-corrected chi connectivity index (χ0v) is 18.0. The number of ether oxygens (including phenoxy) is 1. The molecule has 0 atom stereocenters. The van der Waals surface area contributed by atoms with Gasteiger partial charge >= 0.3 is 6.18 Å². The number of H-pyrrole nitrogens is 1. The monoisotopic (exact) mass is 473 g/mol. The summed E-state index contributed by atoms with van der Waals surface area (Å²) in [4.78, 5) is 30.5. The van der Waals surface area contributed by atoms with Gasteiger partial charge in [-0.1, -0.05) is 6.07 Å². The number of alkyl halides is 3. The highest BCUT2D eigenvalue weighted by Crippen LogP contribution is 2.32. The molecule has 1 saturated heterocycles. The largest absolute Gasteiger partial charge is 0.490 e. The first-order chi connectivity index (χ1) is 16.3. The molecular formula is C23H22F3N5O3. The molecule has 3 heterocycles. The van der Waals surface area contributed by atoms with Crippen LogP contribution in [-0.4, -0.2) is 57.6 Å². The first kappa shape index (κ1) is 23.3. The van der Waals surface area contributed by atoms with Gasteiger partial charge in [0.05, 0.1) is 17.8 Å². The minimum absolute atomic E-state index is 0.150. The number of halogens is 3. The van der Waals surface area contributed by atoms with E-state index in [1.807, 2.05) is 6.07 Å². The van der Waals surface area contributed by atoms with Crippen LogP contribution in [0.4, 0.5) is 13.2 Å². The van der Waals surface area contributed by atoms with Crippen LogP contribution in [0.25, 0.3) is 11.3 Å². The number of aromatic amines is 1. The Kier molecular flexibility index (Phi) is 6.80.